The first-order valence-corrected chi connectivity index (χ1v) is 12.2. The molecule has 1 fully saturated rings. The van der Waals surface area contributed by atoms with Gasteiger partial charge in [-0.15, -0.1) is 0 Å². The van der Waals surface area contributed by atoms with Gasteiger partial charge < -0.3 is 25.4 Å². The summed E-state index contributed by atoms with van der Waals surface area (Å²) in [5.41, 5.74) is 0.228. The van der Waals surface area contributed by atoms with E-state index in [1.165, 1.54) is 0 Å². The number of hydrogen-bond donors (Lipinski definition) is 3. The minimum Gasteiger partial charge on any atom is -0.504 e. The van der Waals surface area contributed by atoms with Gasteiger partial charge >= 0.3 is 6.09 Å². The van der Waals surface area contributed by atoms with Gasteiger partial charge in [-0.2, -0.15) is 0 Å². The zero-order valence-electron chi connectivity index (χ0n) is 20.1. The third kappa shape index (κ3) is 6.09. The Morgan fingerprint density at radius 3 is 2.64 bits per heavy atom. The number of hydrogen-bond acceptors (Lipinski definition) is 7. The summed E-state index contributed by atoms with van der Waals surface area (Å²) in [6.45, 7) is 6.61. The van der Waals surface area contributed by atoms with Gasteiger partial charge in [0.2, 0.25) is 0 Å². The van der Waals surface area contributed by atoms with Crippen molar-refractivity contribution >= 4 is 51.9 Å². The second-order valence-corrected chi connectivity index (χ2v) is 10.4. The molecular weight excluding hydrogens is 505 g/mol. The molecule has 3 aromatic rings. The average Bonchev–Trinajstić information content (AvgIpc) is 3.24. The Bertz CT molecular complexity index is 1290. The lowest BCUT2D eigenvalue weighted by Crippen LogP contribution is -2.40. The fraction of sp³-hybridized carbons (Fsp3) is 0.360. The molecule has 0 saturated carbocycles. The van der Waals surface area contributed by atoms with E-state index in [9.17, 15) is 14.7 Å². The number of carbonyl (C=O) groups is 2. The number of ether oxygens (including phenoxy) is 1. The number of halogens is 2. The molecule has 36 heavy (non-hydrogen) atoms. The highest BCUT2D eigenvalue weighted by atomic mass is 35.5. The lowest BCUT2D eigenvalue weighted by atomic mass is 10.1. The van der Waals surface area contributed by atoms with Gasteiger partial charge in [0, 0.05) is 41.3 Å². The number of fused-ring (bicyclic) bond motifs is 1. The summed E-state index contributed by atoms with van der Waals surface area (Å²) in [6, 6.07) is 8.35. The highest BCUT2D eigenvalue weighted by Gasteiger charge is 2.30. The van der Waals surface area contributed by atoms with E-state index in [0.29, 0.717) is 46.3 Å². The van der Waals surface area contributed by atoms with Crippen LogP contribution in [0, 0.1) is 0 Å². The van der Waals surface area contributed by atoms with Crippen LogP contribution in [0.1, 0.15) is 43.2 Å². The first-order chi connectivity index (χ1) is 17.0. The number of alkyl carbamates (subject to hydrolysis) is 1. The number of rotatable bonds is 5. The Kier molecular flexibility index (Phi) is 7.42. The van der Waals surface area contributed by atoms with Crippen molar-refractivity contribution in [1.82, 2.24) is 20.6 Å². The highest BCUT2D eigenvalue weighted by Crippen LogP contribution is 2.34. The summed E-state index contributed by atoms with van der Waals surface area (Å²) in [7, 11) is 0. The number of carbonyl (C=O) groups excluding carboxylic acids is 2. The van der Waals surface area contributed by atoms with Crippen molar-refractivity contribution in [3.63, 3.8) is 0 Å². The zero-order valence-corrected chi connectivity index (χ0v) is 21.7. The van der Waals surface area contributed by atoms with Gasteiger partial charge in [-0.25, -0.2) is 9.78 Å². The average molecular weight is 532 g/mol. The fourth-order valence-corrected chi connectivity index (χ4v) is 4.60. The van der Waals surface area contributed by atoms with Gasteiger partial charge in [-0.3, -0.25) is 9.78 Å². The molecule has 2 aromatic heterocycles. The molecule has 0 bridgehead atoms. The maximum Gasteiger partial charge on any atom is 0.407 e. The van der Waals surface area contributed by atoms with Crippen LogP contribution in [-0.4, -0.2) is 51.8 Å². The van der Waals surface area contributed by atoms with Crippen molar-refractivity contribution in [3.05, 3.63) is 57.8 Å². The van der Waals surface area contributed by atoms with Gasteiger partial charge in [-0.1, -0.05) is 23.2 Å². The Morgan fingerprint density at radius 2 is 1.94 bits per heavy atom. The minimum atomic E-state index is -0.596. The Hall–Kier alpha value is -3.30. The third-order valence-corrected chi connectivity index (χ3v) is 5.95. The van der Waals surface area contributed by atoms with E-state index < -0.39 is 17.6 Å². The van der Waals surface area contributed by atoms with Gasteiger partial charge in [0.15, 0.2) is 11.4 Å². The second kappa shape index (κ2) is 10.4. The highest BCUT2D eigenvalue weighted by molar-refractivity contribution is 6.34. The Balaban J connectivity index is 1.56. The Labute approximate surface area is 218 Å². The maximum absolute atomic E-state index is 13.0. The van der Waals surface area contributed by atoms with Gasteiger partial charge in [0.1, 0.15) is 16.9 Å². The molecule has 0 spiro atoms. The first kappa shape index (κ1) is 25.8. The number of benzene rings is 1. The normalized spacial score (nSPS) is 15.7. The number of amides is 2. The van der Waals surface area contributed by atoms with Crippen LogP contribution >= 0.6 is 23.2 Å². The molecule has 3 N–H and O–H groups in total. The topological polar surface area (TPSA) is 117 Å². The van der Waals surface area contributed by atoms with Crippen molar-refractivity contribution in [2.75, 3.05) is 18.0 Å². The van der Waals surface area contributed by atoms with Crippen LogP contribution in [-0.2, 0) is 11.3 Å². The van der Waals surface area contributed by atoms with Gasteiger partial charge in [-0.05, 0) is 63.1 Å². The summed E-state index contributed by atoms with van der Waals surface area (Å²) >= 11 is 12.1. The molecular formula is C25H27Cl2N5O4. The molecule has 1 saturated heterocycles. The largest absolute Gasteiger partial charge is 0.504 e. The molecule has 2 amide bonds. The SMILES string of the molecule is CC(C)(C)OC(=O)NC1CCN(c2nc(C(=O)NCc3cc(Cl)cc(Cl)c3)c(O)c3ncccc23)C1. The van der Waals surface area contributed by atoms with Crippen LogP contribution in [0.4, 0.5) is 10.6 Å². The molecule has 11 heteroatoms. The number of aromatic nitrogens is 2. The van der Waals surface area contributed by atoms with E-state index in [1.54, 1.807) is 57.3 Å². The molecule has 1 atom stereocenters. The van der Waals surface area contributed by atoms with E-state index in [2.05, 4.69) is 20.6 Å². The Morgan fingerprint density at radius 1 is 1.22 bits per heavy atom. The molecule has 1 aliphatic rings. The number of aromatic hydroxyl groups is 1. The summed E-state index contributed by atoms with van der Waals surface area (Å²) in [5, 5.41) is 18.0. The predicted molar refractivity (Wildman–Crippen MR) is 139 cm³/mol. The molecule has 190 valence electrons. The third-order valence-electron chi connectivity index (χ3n) is 5.51. The number of nitrogens with one attached hydrogen (secondary N) is 2. The van der Waals surface area contributed by atoms with Crippen molar-refractivity contribution in [3.8, 4) is 5.75 Å². The van der Waals surface area contributed by atoms with Crippen molar-refractivity contribution in [1.29, 1.82) is 0 Å². The first-order valence-electron chi connectivity index (χ1n) is 11.5. The van der Waals surface area contributed by atoms with E-state index in [4.69, 9.17) is 27.9 Å². The smallest absolute Gasteiger partial charge is 0.407 e. The number of pyridine rings is 2. The van der Waals surface area contributed by atoms with Crippen molar-refractivity contribution in [2.24, 2.45) is 0 Å². The van der Waals surface area contributed by atoms with Gasteiger partial charge in [0.05, 0.1) is 6.04 Å². The van der Waals surface area contributed by atoms with Crippen LogP contribution < -0.4 is 15.5 Å². The molecule has 0 radical (unpaired) electrons. The molecule has 0 aliphatic carbocycles. The van der Waals surface area contributed by atoms with Gasteiger partial charge in [0.25, 0.3) is 5.91 Å². The predicted octanol–water partition coefficient (Wildman–Crippen LogP) is 4.68. The molecule has 1 unspecified atom stereocenters. The van der Waals surface area contributed by atoms with Crippen molar-refractivity contribution < 1.29 is 19.4 Å². The van der Waals surface area contributed by atoms with E-state index >= 15 is 0 Å². The summed E-state index contributed by atoms with van der Waals surface area (Å²) in [5.74, 6) is -0.376. The molecule has 1 aliphatic heterocycles. The summed E-state index contributed by atoms with van der Waals surface area (Å²) in [6.07, 6.45) is 1.72. The quantitative estimate of drug-likeness (QED) is 0.437. The lowest BCUT2D eigenvalue weighted by Gasteiger charge is -2.23. The molecule has 4 rings (SSSR count). The standard InChI is InChI=1S/C25H27Cl2N5O4/c1-25(2,3)36-24(35)30-17-6-8-32(13-17)22-18-5-4-7-28-19(18)21(33)20(31-22)23(34)29-12-14-9-15(26)11-16(27)10-14/h4-5,7,9-11,17,33H,6,8,12-13H2,1-3H3,(H,29,34)(H,30,35). The van der Waals surface area contributed by atoms with E-state index in [0.717, 1.165) is 0 Å². The fourth-order valence-electron chi connectivity index (χ4n) is 4.03. The molecule has 3 heterocycles. The second-order valence-electron chi connectivity index (χ2n) is 9.57. The minimum absolute atomic E-state index is 0.140. The molecule has 9 nitrogen and oxygen atoms in total. The maximum atomic E-state index is 13.0. The number of anilines is 1. The van der Waals surface area contributed by atoms with Crippen LogP contribution in [0.3, 0.4) is 0 Å². The summed E-state index contributed by atoms with van der Waals surface area (Å²) < 4.78 is 5.36. The van der Waals surface area contributed by atoms with Crippen LogP contribution in [0.5, 0.6) is 5.75 Å². The zero-order chi connectivity index (χ0) is 26.0. The van der Waals surface area contributed by atoms with Crippen LogP contribution in [0.25, 0.3) is 10.9 Å². The van der Waals surface area contributed by atoms with Crippen LogP contribution in [0.15, 0.2) is 36.5 Å². The number of nitrogens with zero attached hydrogens (tertiary/aromatic N) is 3. The molecule has 1 aromatic carbocycles. The van der Waals surface area contributed by atoms with E-state index in [1.807, 2.05) is 4.90 Å². The van der Waals surface area contributed by atoms with Crippen LogP contribution in [0.2, 0.25) is 10.0 Å². The van der Waals surface area contributed by atoms with Crippen molar-refractivity contribution in [2.45, 2.75) is 45.4 Å². The van der Waals surface area contributed by atoms with E-state index in [-0.39, 0.29) is 29.5 Å². The monoisotopic (exact) mass is 531 g/mol. The lowest BCUT2D eigenvalue weighted by molar-refractivity contribution is 0.0509. The summed E-state index contributed by atoms with van der Waals surface area (Å²) in [4.78, 5) is 36.0.